The van der Waals surface area contributed by atoms with Crippen LogP contribution in [0.5, 0.6) is 11.5 Å². The number of carbonyl (C=O) groups is 1. The van der Waals surface area contributed by atoms with Crippen molar-refractivity contribution in [2.75, 3.05) is 19.5 Å². The number of anilines is 1. The molecule has 1 amide bonds. The molecule has 4 aromatic rings. The number of carbonyl (C=O) groups excluding carboxylic acids is 1. The summed E-state index contributed by atoms with van der Waals surface area (Å²) in [5.74, 6) is 1.66. The first-order valence-corrected chi connectivity index (χ1v) is 11.9. The summed E-state index contributed by atoms with van der Waals surface area (Å²) in [6.07, 6.45) is 8.13. The summed E-state index contributed by atoms with van der Waals surface area (Å²) >= 11 is 0. The Morgan fingerprint density at radius 2 is 1.56 bits per heavy atom. The summed E-state index contributed by atoms with van der Waals surface area (Å²) in [7, 11) is 3.35. The van der Waals surface area contributed by atoms with Crippen LogP contribution in [0.2, 0.25) is 0 Å². The second-order valence-electron chi connectivity index (χ2n) is 8.91. The van der Waals surface area contributed by atoms with Crippen molar-refractivity contribution in [2.45, 2.75) is 11.8 Å². The van der Waals surface area contributed by atoms with Crippen LogP contribution in [0.4, 0.5) is 5.69 Å². The maximum Gasteiger partial charge on any atom is 0.248 e. The smallest absolute Gasteiger partial charge is 0.248 e. The van der Waals surface area contributed by atoms with Crippen LogP contribution in [0, 0.1) is 5.92 Å². The van der Waals surface area contributed by atoms with Crippen molar-refractivity contribution in [3.63, 3.8) is 0 Å². The Bertz CT molecular complexity index is 1330. The Kier molecular flexibility index (Phi) is 6.54. The van der Waals surface area contributed by atoms with Gasteiger partial charge in [-0.1, -0.05) is 48.5 Å². The molecule has 0 saturated heterocycles. The molecule has 5 rings (SSSR count). The van der Waals surface area contributed by atoms with Gasteiger partial charge in [0.15, 0.2) is 0 Å². The van der Waals surface area contributed by atoms with Crippen LogP contribution < -0.4 is 14.8 Å². The van der Waals surface area contributed by atoms with Crippen molar-refractivity contribution in [2.24, 2.45) is 5.92 Å². The van der Waals surface area contributed by atoms with Crippen molar-refractivity contribution in [1.29, 1.82) is 0 Å². The Labute approximate surface area is 211 Å². The fourth-order valence-electron chi connectivity index (χ4n) is 4.82. The molecule has 0 unspecified atom stereocenters. The number of rotatable bonds is 8. The highest BCUT2D eigenvalue weighted by Gasteiger charge is 2.55. The van der Waals surface area contributed by atoms with E-state index in [4.69, 9.17) is 9.47 Å². The van der Waals surface area contributed by atoms with Gasteiger partial charge >= 0.3 is 0 Å². The van der Waals surface area contributed by atoms with Gasteiger partial charge in [0.2, 0.25) is 5.91 Å². The summed E-state index contributed by atoms with van der Waals surface area (Å²) in [6, 6.07) is 28.0. The van der Waals surface area contributed by atoms with E-state index in [-0.39, 0.29) is 17.2 Å². The Morgan fingerprint density at radius 1 is 0.889 bits per heavy atom. The molecule has 1 heterocycles. The number of nitrogens with one attached hydrogen (secondary N) is 1. The minimum atomic E-state index is -0.231. The van der Waals surface area contributed by atoms with E-state index in [0.717, 1.165) is 45.9 Å². The molecular formula is C31H28N2O3. The lowest BCUT2D eigenvalue weighted by atomic mass is 9.85. The van der Waals surface area contributed by atoms with Gasteiger partial charge in [-0.05, 0) is 83.1 Å². The van der Waals surface area contributed by atoms with Crippen LogP contribution in [0.3, 0.4) is 0 Å². The van der Waals surface area contributed by atoms with Crippen LogP contribution in [0.1, 0.15) is 17.5 Å². The Hall–Kier alpha value is -4.38. The highest BCUT2D eigenvalue weighted by Crippen LogP contribution is 2.60. The monoisotopic (exact) mass is 476 g/mol. The molecule has 3 aromatic carbocycles. The van der Waals surface area contributed by atoms with Gasteiger partial charge in [0, 0.05) is 23.5 Å². The predicted octanol–water partition coefficient (Wildman–Crippen LogP) is 6.27. The van der Waals surface area contributed by atoms with E-state index < -0.39 is 0 Å². The molecule has 1 saturated carbocycles. The zero-order valence-corrected chi connectivity index (χ0v) is 20.3. The second-order valence-corrected chi connectivity index (χ2v) is 8.91. The third kappa shape index (κ3) is 4.73. The van der Waals surface area contributed by atoms with Crippen LogP contribution >= 0.6 is 0 Å². The van der Waals surface area contributed by atoms with Crippen LogP contribution in [0.15, 0.2) is 109 Å². The molecule has 36 heavy (non-hydrogen) atoms. The van der Waals surface area contributed by atoms with Crippen molar-refractivity contribution in [1.82, 2.24) is 4.98 Å². The first-order chi connectivity index (χ1) is 17.6. The summed E-state index contributed by atoms with van der Waals surface area (Å²) in [4.78, 5) is 16.9. The number of hydrogen-bond donors (Lipinski definition) is 1. The average molecular weight is 477 g/mol. The average Bonchev–Trinajstić information content (AvgIpc) is 3.68. The molecule has 0 aliphatic heterocycles. The van der Waals surface area contributed by atoms with Gasteiger partial charge in [-0.3, -0.25) is 9.78 Å². The molecular weight excluding hydrogens is 448 g/mol. The zero-order chi connectivity index (χ0) is 25.0. The number of hydrogen-bond acceptors (Lipinski definition) is 4. The SMILES string of the molecule is COc1cccc(C2(c3cccc(OC)c3)C[C@H]2/C=C/C(=O)Nc2ccc(-c3cccnc3)cc2)c1. The maximum atomic E-state index is 12.7. The quantitative estimate of drug-likeness (QED) is 0.305. The number of amides is 1. The van der Waals surface area contributed by atoms with Crippen molar-refractivity contribution in [3.8, 4) is 22.6 Å². The molecule has 1 aliphatic rings. The number of aromatic nitrogens is 1. The van der Waals surface area contributed by atoms with E-state index in [2.05, 4.69) is 34.6 Å². The van der Waals surface area contributed by atoms with Crippen molar-refractivity contribution in [3.05, 3.63) is 121 Å². The summed E-state index contributed by atoms with van der Waals surface area (Å²) in [5, 5.41) is 2.97. The standard InChI is InChI=1S/C31H28N2O3/c1-35-28-9-3-7-24(18-28)31(25-8-4-10-29(19-25)36-2)20-26(31)13-16-30(34)33-27-14-11-22(12-15-27)23-6-5-17-32-21-23/h3-19,21,26H,20H2,1-2H3,(H,33,34)/b16-13+/t26-/m1/s1. The molecule has 1 atom stereocenters. The Morgan fingerprint density at radius 3 is 2.14 bits per heavy atom. The normalized spacial score (nSPS) is 15.9. The molecule has 5 nitrogen and oxygen atoms in total. The first kappa shape index (κ1) is 23.4. The van der Waals surface area contributed by atoms with E-state index in [1.165, 1.54) is 0 Å². The number of pyridine rings is 1. The minimum absolute atomic E-state index is 0.152. The minimum Gasteiger partial charge on any atom is -0.497 e. The maximum absolute atomic E-state index is 12.7. The van der Waals surface area contributed by atoms with E-state index in [0.29, 0.717) is 0 Å². The molecule has 1 N–H and O–H groups in total. The third-order valence-electron chi connectivity index (χ3n) is 6.81. The molecule has 0 bridgehead atoms. The molecule has 5 heteroatoms. The van der Waals surface area contributed by atoms with Crippen LogP contribution in [-0.2, 0) is 10.2 Å². The van der Waals surface area contributed by atoms with E-state index >= 15 is 0 Å². The fourth-order valence-corrected chi connectivity index (χ4v) is 4.82. The van der Waals surface area contributed by atoms with E-state index in [1.54, 1.807) is 26.5 Å². The van der Waals surface area contributed by atoms with Crippen molar-refractivity contribution >= 4 is 11.6 Å². The van der Waals surface area contributed by atoms with Gasteiger partial charge in [-0.25, -0.2) is 0 Å². The van der Waals surface area contributed by atoms with E-state index in [1.807, 2.05) is 72.9 Å². The topological polar surface area (TPSA) is 60.5 Å². The van der Waals surface area contributed by atoms with E-state index in [9.17, 15) is 4.79 Å². The lowest BCUT2D eigenvalue weighted by Gasteiger charge is -2.20. The highest BCUT2D eigenvalue weighted by molar-refractivity contribution is 5.99. The second kappa shape index (κ2) is 10.1. The Balaban J connectivity index is 1.34. The van der Waals surface area contributed by atoms with Gasteiger partial charge in [0.1, 0.15) is 11.5 Å². The predicted molar refractivity (Wildman–Crippen MR) is 142 cm³/mol. The number of allylic oxidation sites excluding steroid dienone is 1. The van der Waals surface area contributed by atoms with Crippen LogP contribution in [0.25, 0.3) is 11.1 Å². The fraction of sp³-hybridized carbons (Fsp3) is 0.161. The summed E-state index contributed by atoms with van der Waals surface area (Å²) in [6.45, 7) is 0. The third-order valence-corrected chi connectivity index (χ3v) is 6.81. The molecule has 0 spiro atoms. The van der Waals surface area contributed by atoms with Gasteiger partial charge in [-0.2, -0.15) is 0 Å². The largest absolute Gasteiger partial charge is 0.497 e. The number of ether oxygens (including phenoxy) is 2. The molecule has 180 valence electrons. The van der Waals surface area contributed by atoms with Crippen molar-refractivity contribution < 1.29 is 14.3 Å². The summed E-state index contributed by atoms with van der Waals surface area (Å²) < 4.78 is 11.0. The van der Waals surface area contributed by atoms with Crippen LogP contribution in [-0.4, -0.2) is 25.1 Å². The van der Waals surface area contributed by atoms with Gasteiger partial charge < -0.3 is 14.8 Å². The number of nitrogens with zero attached hydrogens (tertiary/aromatic N) is 1. The number of methoxy groups -OCH3 is 2. The highest BCUT2D eigenvalue weighted by atomic mass is 16.5. The van der Waals surface area contributed by atoms with Gasteiger partial charge in [-0.15, -0.1) is 0 Å². The van der Waals surface area contributed by atoms with Gasteiger partial charge in [0.25, 0.3) is 0 Å². The molecule has 1 aliphatic carbocycles. The zero-order valence-electron chi connectivity index (χ0n) is 20.3. The lowest BCUT2D eigenvalue weighted by molar-refractivity contribution is -0.111. The number of benzene rings is 3. The molecule has 0 radical (unpaired) electrons. The first-order valence-electron chi connectivity index (χ1n) is 11.9. The summed E-state index contributed by atoms with van der Waals surface area (Å²) in [5.41, 5.74) is 4.93. The van der Waals surface area contributed by atoms with Gasteiger partial charge in [0.05, 0.1) is 14.2 Å². The molecule has 1 fully saturated rings. The molecule has 1 aromatic heterocycles. The lowest BCUT2D eigenvalue weighted by Crippen LogP contribution is -2.13.